The zero-order valence-corrected chi connectivity index (χ0v) is 16.4. The van der Waals surface area contributed by atoms with Crippen LogP contribution in [-0.2, 0) is 31.9 Å². The molecule has 2 fully saturated rings. The molecule has 1 aromatic rings. The highest BCUT2D eigenvalue weighted by molar-refractivity contribution is 7.89. The maximum Gasteiger partial charge on any atom is 0.416 e. The minimum absolute atomic E-state index is 0.0941. The van der Waals surface area contributed by atoms with E-state index in [2.05, 4.69) is 0 Å². The fourth-order valence-electron chi connectivity index (χ4n) is 3.51. The van der Waals surface area contributed by atoms with Crippen molar-refractivity contribution in [2.75, 3.05) is 26.2 Å². The van der Waals surface area contributed by atoms with Gasteiger partial charge in [0.1, 0.15) is 12.1 Å². The van der Waals surface area contributed by atoms with Crippen molar-refractivity contribution in [1.29, 1.82) is 0 Å². The third-order valence-electron chi connectivity index (χ3n) is 5.06. The Morgan fingerprint density at radius 1 is 0.933 bits per heavy atom. The molecule has 0 spiro atoms. The molecular formula is C17H18F6N2O4S. The highest BCUT2D eigenvalue weighted by Crippen LogP contribution is 2.38. The number of cyclic esters (lactones) is 1. The largest absolute Gasteiger partial charge is 0.461 e. The van der Waals surface area contributed by atoms with Gasteiger partial charge in [-0.15, -0.1) is 0 Å². The Kier molecular flexibility index (Phi) is 5.84. The number of hydrogen-bond donors (Lipinski definition) is 0. The smallest absolute Gasteiger partial charge is 0.416 e. The lowest BCUT2D eigenvalue weighted by Crippen LogP contribution is -2.53. The van der Waals surface area contributed by atoms with Crippen molar-refractivity contribution in [3.63, 3.8) is 0 Å². The second kappa shape index (κ2) is 7.68. The lowest BCUT2D eigenvalue weighted by molar-refractivity contribution is -0.145. The first-order valence-corrected chi connectivity index (χ1v) is 10.4. The molecule has 2 aliphatic rings. The quantitative estimate of drug-likeness (QED) is 0.513. The number of hydrogen-bond acceptors (Lipinski definition) is 5. The molecule has 0 N–H and O–H groups in total. The summed E-state index contributed by atoms with van der Waals surface area (Å²) >= 11 is 0. The normalized spacial score (nSPS) is 24.8. The van der Waals surface area contributed by atoms with Crippen LogP contribution < -0.4 is 0 Å². The zero-order chi connectivity index (χ0) is 22.5. The van der Waals surface area contributed by atoms with Crippen LogP contribution in [0.2, 0.25) is 0 Å². The number of carbonyl (C=O) groups is 1. The van der Waals surface area contributed by atoms with E-state index in [9.17, 15) is 39.6 Å². The number of nitrogens with zero attached hydrogens (tertiary/aromatic N) is 2. The lowest BCUT2D eigenvalue weighted by atomic mass is 10.1. The number of benzene rings is 1. The summed E-state index contributed by atoms with van der Waals surface area (Å²) in [6, 6.07) is -0.265. The molecule has 2 aliphatic heterocycles. The highest BCUT2D eigenvalue weighted by atomic mass is 32.2. The van der Waals surface area contributed by atoms with Crippen LogP contribution in [-0.4, -0.2) is 61.9 Å². The molecule has 1 aromatic carbocycles. The molecule has 6 nitrogen and oxygen atoms in total. The maximum atomic E-state index is 13.0. The van der Waals surface area contributed by atoms with Gasteiger partial charge in [-0.1, -0.05) is 0 Å². The molecule has 0 radical (unpaired) electrons. The number of halogens is 6. The van der Waals surface area contributed by atoms with E-state index in [0.29, 0.717) is 6.42 Å². The number of sulfonamides is 1. The van der Waals surface area contributed by atoms with E-state index in [1.54, 1.807) is 11.8 Å². The summed E-state index contributed by atoms with van der Waals surface area (Å²) in [7, 11) is -4.61. The van der Waals surface area contributed by atoms with Crippen molar-refractivity contribution in [2.24, 2.45) is 0 Å². The number of esters is 1. The van der Waals surface area contributed by atoms with E-state index in [-0.39, 0.29) is 50.5 Å². The van der Waals surface area contributed by atoms with Gasteiger partial charge in [-0.3, -0.25) is 9.69 Å². The van der Waals surface area contributed by atoms with Gasteiger partial charge in [0.25, 0.3) is 0 Å². The van der Waals surface area contributed by atoms with Crippen molar-refractivity contribution in [3.8, 4) is 0 Å². The van der Waals surface area contributed by atoms with Crippen LogP contribution in [0.25, 0.3) is 0 Å². The molecule has 0 bridgehead atoms. The Bertz CT molecular complexity index is 891. The Morgan fingerprint density at radius 2 is 1.43 bits per heavy atom. The number of alkyl halides is 6. The molecule has 2 atom stereocenters. The fourth-order valence-corrected chi connectivity index (χ4v) is 5.01. The molecule has 2 saturated heterocycles. The van der Waals surface area contributed by atoms with Crippen molar-refractivity contribution in [2.45, 2.75) is 42.7 Å². The monoisotopic (exact) mass is 460 g/mol. The van der Waals surface area contributed by atoms with Crippen LogP contribution in [0.5, 0.6) is 0 Å². The van der Waals surface area contributed by atoms with Crippen LogP contribution in [0.15, 0.2) is 23.1 Å². The van der Waals surface area contributed by atoms with Gasteiger partial charge in [0.15, 0.2) is 0 Å². The third kappa shape index (κ3) is 4.57. The Morgan fingerprint density at radius 3 is 1.83 bits per heavy atom. The van der Waals surface area contributed by atoms with Crippen LogP contribution in [0, 0.1) is 0 Å². The van der Waals surface area contributed by atoms with Gasteiger partial charge >= 0.3 is 18.3 Å². The first-order chi connectivity index (χ1) is 13.7. The van der Waals surface area contributed by atoms with Crippen LogP contribution in [0.1, 0.15) is 24.5 Å². The molecule has 0 aromatic heterocycles. The first-order valence-electron chi connectivity index (χ1n) is 8.94. The van der Waals surface area contributed by atoms with Crippen LogP contribution in [0.4, 0.5) is 26.3 Å². The van der Waals surface area contributed by atoms with Crippen LogP contribution in [0.3, 0.4) is 0 Å². The molecule has 3 rings (SSSR count). The van der Waals surface area contributed by atoms with Gasteiger partial charge in [0.2, 0.25) is 10.0 Å². The number of ether oxygens (including phenoxy) is 1. The Balaban J connectivity index is 1.85. The van der Waals surface area contributed by atoms with Gasteiger partial charge in [-0.05, 0) is 25.1 Å². The molecule has 2 unspecified atom stereocenters. The van der Waals surface area contributed by atoms with Crippen molar-refractivity contribution in [1.82, 2.24) is 9.21 Å². The summed E-state index contributed by atoms with van der Waals surface area (Å²) in [5, 5.41) is 0. The molecule has 13 heteroatoms. The van der Waals surface area contributed by atoms with Gasteiger partial charge < -0.3 is 4.74 Å². The summed E-state index contributed by atoms with van der Waals surface area (Å²) in [5.74, 6) is -0.438. The number of rotatable bonds is 3. The van der Waals surface area contributed by atoms with Crippen molar-refractivity contribution < 1.29 is 44.3 Å². The van der Waals surface area contributed by atoms with Crippen molar-refractivity contribution >= 4 is 16.0 Å². The van der Waals surface area contributed by atoms with E-state index in [4.69, 9.17) is 4.74 Å². The van der Waals surface area contributed by atoms with Crippen molar-refractivity contribution in [3.05, 3.63) is 29.3 Å². The average molecular weight is 460 g/mol. The standard InChI is InChI=1S/C17H18F6N2O4S/c1-10-6-14(15(26)29-10)24-2-4-25(5-3-24)30(27,28)13-8-11(16(18,19)20)7-12(9-13)17(21,22)23/h7-10,14H,2-6H2,1H3. The molecule has 0 saturated carbocycles. The predicted molar refractivity (Wildman–Crippen MR) is 90.7 cm³/mol. The minimum Gasteiger partial charge on any atom is -0.461 e. The highest BCUT2D eigenvalue weighted by Gasteiger charge is 2.41. The van der Waals surface area contributed by atoms with Crippen LogP contribution >= 0.6 is 0 Å². The molecule has 2 heterocycles. The molecule has 30 heavy (non-hydrogen) atoms. The third-order valence-corrected chi connectivity index (χ3v) is 6.93. The van der Waals surface area contributed by atoms with E-state index in [0.717, 1.165) is 4.31 Å². The van der Waals surface area contributed by atoms with Gasteiger partial charge in [-0.25, -0.2) is 8.42 Å². The van der Waals surface area contributed by atoms with Gasteiger partial charge in [0.05, 0.1) is 16.0 Å². The summed E-state index contributed by atoms with van der Waals surface area (Å²) in [6.45, 7) is 1.54. The SMILES string of the molecule is CC1CC(N2CCN(S(=O)(=O)c3cc(C(F)(F)F)cc(C(F)(F)F)c3)CC2)C(=O)O1. The zero-order valence-electron chi connectivity index (χ0n) is 15.6. The minimum atomic E-state index is -5.15. The Labute approximate surface area is 168 Å². The molecule has 168 valence electrons. The first kappa shape index (κ1) is 22.8. The number of carbonyl (C=O) groups excluding carboxylic acids is 1. The lowest BCUT2D eigenvalue weighted by Gasteiger charge is -2.36. The molecule has 0 aliphatic carbocycles. The fraction of sp³-hybridized carbons (Fsp3) is 0.588. The molecule has 0 amide bonds. The van der Waals surface area contributed by atoms with Gasteiger partial charge in [-0.2, -0.15) is 30.6 Å². The summed E-state index contributed by atoms with van der Waals surface area (Å²) in [5.41, 5.74) is -3.39. The second-order valence-electron chi connectivity index (χ2n) is 7.18. The summed E-state index contributed by atoms with van der Waals surface area (Å²) in [4.78, 5) is 12.5. The summed E-state index contributed by atoms with van der Waals surface area (Å²) in [6.07, 6.45) is -10.2. The average Bonchev–Trinajstić information content (AvgIpc) is 2.98. The summed E-state index contributed by atoms with van der Waals surface area (Å²) < 4.78 is 110. The van der Waals surface area contributed by atoms with E-state index >= 15 is 0 Å². The maximum absolute atomic E-state index is 13.0. The molecular weight excluding hydrogens is 442 g/mol. The second-order valence-corrected chi connectivity index (χ2v) is 9.12. The van der Waals surface area contributed by atoms with E-state index in [1.807, 2.05) is 0 Å². The predicted octanol–water partition coefficient (Wildman–Crippen LogP) is 2.73. The Hall–Kier alpha value is -1.86. The topological polar surface area (TPSA) is 66.9 Å². The van der Waals surface area contributed by atoms with E-state index < -0.39 is 50.4 Å². The number of piperazine rings is 1. The van der Waals surface area contributed by atoms with Gasteiger partial charge in [0, 0.05) is 32.6 Å². The van der Waals surface area contributed by atoms with E-state index in [1.165, 1.54) is 0 Å².